The molecule has 0 aliphatic heterocycles. The molecule has 0 amide bonds. The van der Waals surface area contributed by atoms with Crippen LogP contribution < -0.4 is 10.1 Å². The van der Waals surface area contributed by atoms with Crippen molar-refractivity contribution in [1.29, 1.82) is 0 Å². The van der Waals surface area contributed by atoms with Gasteiger partial charge in [0.15, 0.2) is 0 Å². The number of hydrogen-bond donors (Lipinski definition) is 1. The van der Waals surface area contributed by atoms with E-state index in [2.05, 4.69) is 10.1 Å². The lowest BCUT2D eigenvalue weighted by Crippen LogP contribution is -2.20. The zero-order chi connectivity index (χ0) is 12.9. The molecule has 1 N–H and O–H groups in total. The summed E-state index contributed by atoms with van der Waals surface area (Å²) in [6.45, 7) is 4.76. The molecule has 0 bridgehead atoms. The number of hydrogen-bond acceptors (Lipinski definition) is 2. The normalized spacial score (nSPS) is 13.5. The number of rotatable bonds is 5. The van der Waals surface area contributed by atoms with Crippen molar-refractivity contribution in [2.75, 3.05) is 6.54 Å². The van der Waals surface area contributed by atoms with Crippen LogP contribution in [0.4, 0.5) is 13.2 Å². The minimum Gasteiger partial charge on any atom is -0.406 e. The molecule has 2 nitrogen and oxygen atoms in total. The van der Waals surface area contributed by atoms with Crippen molar-refractivity contribution in [3.05, 3.63) is 29.8 Å². The molecule has 0 spiro atoms. The average Bonchev–Trinajstić information content (AvgIpc) is 2.24. The van der Waals surface area contributed by atoms with Gasteiger partial charge in [-0.3, -0.25) is 0 Å². The summed E-state index contributed by atoms with van der Waals surface area (Å²) in [7, 11) is 0. The SMILES string of the molecule is CCCNC(C)c1cccc(OC(F)(F)F)c1. The molecule has 1 aromatic carbocycles. The summed E-state index contributed by atoms with van der Waals surface area (Å²) >= 11 is 0. The Balaban J connectivity index is 2.71. The van der Waals surface area contributed by atoms with Crippen LogP contribution in [-0.4, -0.2) is 12.9 Å². The van der Waals surface area contributed by atoms with Gasteiger partial charge < -0.3 is 10.1 Å². The second-order valence-corrected chi connectivity index (χ2v) is 3.80. The van der Waals surface area contributed by atoms with E-state index in [0.717, 1.165) is 18.5 Å². The van der Waals surface area contributed by atoms with Gasteiger partial charge >= 0.3 is 6.36 Å². The van der Waals surface area contributed by atoms with Crippen LogP contribution in [0.3, 0.4) is 0 Å². The molecule has 0 saturated carbocycles. The Bertz CT molecular complexity index is 352. The monoisotopic (exact) mass is 247 g/mol. The van der Waals surface area contributed by atoms with Gasteiger partial charge in [-0.25, -0.2) is 0 Å². The Morgan fingerprint density at radius 1 is 1.35 bits per heavy atom. The van der Waals surface area contributed by atoms with E-state index in [0.29, 0.717) is 0 Å². The van der Waals surface area contributed by atoms with E-state index in [1.54, 1.807) is 12.1 Å². The number of alkyl halides is 3. The predicted octanol–water partition coefficient (Wildman–Crippen LogP) is 3.65. The Labute approximate surface area is 98.8 Å². The van der Waals surface area contributed by atoms with Crippen LogP contribution in [0.5, 0.6) is 5.75 Å². The largest absolute Gasteiger partial charge is 0.573 e. The van der Waals surface area contributed by atoms with Gasteiger partial charge in [0.2, 0.25) is 0 Å². The van der Waals surface area contributed by atoms with E-state index in [1.165, 1.54) is 12.1 Å². The summed E-state index contributed by atoms with van der Waals surface area (Å²) in [5.41, 5.74) is 0.778. The van der Waals surface area contributed by atoms with Gasteiger partial charge in [-0.1, -0.05) is 19.1 Å². The molecule has 17 heavy (non-hydrogen) atoms. The van der Waals surface area contributed by atoms with Crippen molar-refractivity contribution in [3.8, 4) is 5.75 Å². The third-order valence-electron chi connectivity index (χ3n) is 2.29. The third-order valence-corrected chi connectivity index (χ3v) is 2.29. The smallest absolute Gasteiger partial charge is 0.406 e. The molecule has 0 heterocycles. The first-order valence-electron chi connectivity index (χ1n) is 5.51. The number of nitrogens with one attached hydrogen (secondary N) is 1. The molecule has 5 heteroatoms. The van der Waals surface area contributed by atoms with Crippen molar-refractivity contribution in [3.63, 3.8) is 0 Å². The minimum atomic E-state index is -4.64. The maximum Gasteiger partial charge on any atom is 0.573 e. The van der Waals surface area contributed by atoms with E-state index in [-0.39, 0.29) is 11.8 Å². The van der Waals surface area contributed by atoms with E-state index >= 15 is 0 Å². The van der Waals surface area contributed by atoms with Gasteiger partial charge in [0.1, 0.15) is 5.75 Å². The van der Waals surface area contributed by atoms with E-state index in [9.17, 15) is 13.2 Å². The lowest BCUT2D eigenvalue weighted by Gasteiger charge is -2.15. The molecule has 1 rings (SSSR count). The Morgan fingerprint density at radius 2 is 2.06 bits per heavy atom. The summed E-state index contributed by atoms with van der Waals surface area (Å²) in [5, 5.41) is 3.20. The van der Waals surface area contributed by atoms with Crippen molar-refractivity contribution >= 4 is 0 Å². The summed E-state index contributed by atoms with van der Waals surface area (Å²) in [5.74, 6) is -0.180. The highest BCUT2D eigenvalue weighted by Gasteiger charge is 2.31. The number of halogens is 3. The van der Waals surface area contributed by atoms with E-state index in [4.69, 9.17) is 0 Å². The second-order valence-electron chi connectivity index (χ2n) is 3.80. The molecule has 0 aliphatic rings. The first-order chi connectivity index (χ1) is 7.92. The molecule has 1 unspecified atom stereocenters. The minimum absolute atomic E-state index is 0.00623. The summed E-state index contributed by atoms with van der Waals surface area (Å²) < 4.78 is 40.0. The fourth-order valence-corrected chi connectivity index (χ4v) is 1.46. The zero-order valence-corrected chi connectivity index (χ0v) is 9.84. The van der Waals surface area contributed by atoms with Crippen molar-refractivity contribution in [2.45, 2.75) is 32.7 Å². The highest BCUT2D eigenvalue weighted by atomic mass is 19.4. The lowest BCUT2D eigenvalue weighted by molar-refractivity contribution is -0.274. The number of ether oxygens (including phenoxy) is 1. The van der Waals surface area contributed by atoms with Crippen LogP contribution in [0.15, 0.2) is 24.3 Å². The predicted molar refractivity (Wildman–Crippen MR) is 59.8 cm³/mol. The van der Waals surface area contributed by atoms with Crippen LogP contribution >= 0.6 is 0 Å². The third kappa shape index (κ3) is 5.08. The van der Waals surface area contributed by atoms with Gasteiger partial charge in [0, 0.05) is 6.04 Å². The lowest BCUT2D eigenvalue weighted by atomic mass is 10.1. The molecule has 0 aliphatic carbocycles. The van der Waals surface area contributed by atoms with Crippen LogP contribution in [0, 0.1) is 0 Å². The average molecular weight is 247 g/mol. The molecule has 1 atom stereocenters. The summed E-state index contributed by atoms with van der Waals surface area (Å²) in [6.07, 6.45) is -3.66. The fraction of sp³-hybridized carbons (Fsp3) is 0.500. The highest BCUT2D eigenvalue weighted by molar-refractivity contribution is 5.30. The van der Waals surface area contributed by atoms with Crippen LogP contribution in [0.25, 0.3) is 0 Å². The topological polar surface area (TPSA) is 21.3 Å². The Kier molecular flexibility index (Phi) is 4.81. The first-order valence-corrected chi connectivity index (χ1v) is 5.51. The molecule has 0 aromatic heterocycles. The van der Waals surface area contributed by atoms with Gasteiger partial charge in [0.25, 0.3) is 0 Å². The van der Waals surface area contributed by atoms with E-state index < -0.39 is 6.36 Å². The molecular formula is C12H16F3NO. The van der Waals surface area contributed by atoms with Crippen LogP contribution in [-0.2, 0) is 0 Å². The quantitative estimate of drug-likeness (QED) is 0.857. The van der Waals surface area contributed by atoms with Crippen molar-refractivity contribution in [2.24, 2.45) is 0 Å². The molecular weight excluding hydrogens is 231 g/mol. The number of benzene rings is 1. The first kappa shape index (κ1) is 13.8. The molecule has 0 radical (unpaired) electrons. The summed E-state index contributed by atoms with van der Waals surface area (Å²) in [4.78, 5) is 0. The van der Waals surface area contributed by atoms with Gasteiger partial charge in [-0.15, -0.1) is 13.2 Å². The van der Waals surface area contributed by atoms with Crippen LogP contribution in [0.2, 0.25) is 0 Å². The molecule has 1 aromatic rings. The molecule has 96 valence electrons. The maximum absolute atomic E-state index is 12.0. The zero-order valence-electron chi connectivity index (χ0n) is 9.84. The van der Waals surface area contributed by atoms with Gasteiger partial charge in [0.05, 0.1) is 0 Å². The van der Waals surface area contributed by atoms with E-state index in [1.807, 2.05) is 13.8 Å². The van der Waals surface area contributed by atoms with Crippen LogP contribution in [0.1, 0.15) is 31.9 Å². The standard InChI is InChI=1S/C12H16F3NO/c1-3-7-16-9(2)10-5-4-6-11(8-10)17-12(13,14)15/h4-6,8-9,16H,3,7H2,1-2H3. The molecule has 0 saturated heterocycles. The van der Waals surface area contributed by atoms with Crippen molar-refractivity contribution < 1.29 is 17.9 Å². The van der Waals surface area contributed by atoms with Crippen molar-refractivity contribution in [1.82, 2.24) is 5.32 Å². The molecule has 0 fully saturated rings. The summed E-state index contributed by atoms with van der Waals surface area (Å²) in [6, 6.07) is 6.04. The fourth-order valence-electron chi connectivity index (χ4n) is 1.46. The van der Waals surface area contributed by atoms with Gasteiger partial charge in [-0.2, -0.15) is 0 Å². The second kappa shape index (κ2) is 5.91. The highest BCUT2D eigenvalue weighted by Crippen LogP contribution is 2.25. The Morgan fingerprint density at radius 3 is 2.65 bits per heavy atom. The maximum atomic E-state index is 12.0. The van der Waals surface area contributed by atoms with Gasteiger partial charge in [-0.05, 0) is 37.6 Å². The Hall–Kier alpha value is -1.23.